The number of esters is 2. The summed E-state index contributed by atoms with van der Waals surface area (Å²) in [5.41, 5.74) is 1.88. The third kappa shape index (κ3) is 6.64. The molecule has 0 amide bonds. The molecule has 4 rings (SSSR count). The highest BCUT2D eigenvalue weighted by Crippen LogP contribution is 2.32. The molecule has 0 radical (unpaired) electrons. The van der Waals surface area contributed by atoms with E-state index < -0.39 is 33.6 Å². The molecule has 1 unspecified atom stereocenters. The predicted molar refractivity (Wildman–Crippen MR) is 150 cm³/mol. The van der Waals surface area contributed by atoms with Crippen molar-refractivity contribution < 1.29 is 27.5 Å². The van der Waals surface area contributed by atoms with Crippen LogP contribution in [0.25, 0.3) is 0 Å². The molecule has 2 heterocycles. The Morgan fingerprint density at radius 3 is 2.26 bits per heavy atom. The van der Waals surface area contributed by atoms with Gasteiger partial charge in [-0.3, -0.25) is 9.59 Å². The topological polar surface area (TPSA) is 93.2 Å². The molecule has 0 aliphatic carbocycles. The van der Waals surface area contributed by atoms with Crippen molar-refractivity contribution in [3.63, 3.8) is 0 Å². The molecule has 2 aromatic rings. The van der Waals surface area contributed by atoms with Crippen molar-refractivity contribution in [1.29, 1.82) is 0 Å². The van der Waals surface area contributed by atoms with Crippen molar-refractivity contribution in [1.82, 2.24) is 4.31 Å². The van der Waals surface area contributed by atoms with E-state index in [4.69, 9.17) is 9.47 Å². The number of hydrogen-bond donors (Lipinski definition) is 0. The number of sulfonamides is 1. The predicted octanol–water partition coefficient (Wildman–Crippen LogP) is 5.19. The van der Waals surface area contributed by atoms with Gasteiger partial charge < -0.3 is 14.4 Å². The van der Waals surface area contributed by atoms with Crippen LogP contribution in [0.15, 0.2) is 47.4 Å². The second kappa shape index (κ2) is 11.7. The molecule has 39 heavy (non-hydrogen) atoms. The van der Waals surface area contributed by atoms with E-state index in [1.54, 1.807) is 27.7 Å². The van der Waals surface area contributed by atoms with Crippen molar-refractivity contribution in [2.45, 2.75) is 89.2 Å². The van der Waals surface area contributed by atoms with Crippen molar-refractivity contribution in [2.75, 3.05) is 24.5 Å². The van der Waals surface area contributed by atoms with Gasteiger partial charge in [-0.2, -0.15) is 4.31 Å². The maximum atomic E-state index is 13.5. The Hall–Kier alpha value is -2.91. The highest BCUT2D eigenvalue weighted by Gasteiger charge is 2.41. The largest absolute Gasteiger partial charge is 0.459 e. The molecule has 0 N–H and O–H groups in total. The Balaban J connectivity index is 1.47. The van der Waals surface area contributed by atoms with E-state index in [0.29, 0.717) is 30.6 Å². The Labute approximate surface area is 232 Å². The van der Waals surface area contributed by atoms with Gasteiger partial charge in [0.2, 0.25) is 10.0 Å². The lowest BCUT2D eigenvalue weighted by atomic mass is 9.96. The summed E-state index contributed by atoms with van der Waals surface area (Å²) in [6.45, 7) is 11.3. The summed E-state index contributed by atoms with van der Waals surface area (Å²) in [7, 11) is -3.94. The van der Waals surface area contributed by atoms with Crippen LogP contribution in [0.1, 0.15) is 76.8 Å². The van der Waals surface area contributed by atoms with Crippen LogP contribution in [0.5, 0.6) is 5.75 Å². The minimum absolute atomic E-state index is 0.0554. The number of benzene rings is 2. The number of aryl methyl sites for hydroxylation is 1. The zero-order valence-electron chi connectivity index (χ0n) is 23.6. The average molecular weight is 557 g/mol. The highest BCUT2D eigenvalue weighted by atomic mass is 32.2. The van der Waals surface area contributed by atoms with Gasteiger partial charge in [0.05, 0.1) is 10.8 Å². The fraction of sp³-hybridized carbons (Fsp3) is 0.533. The lowest BCUT2D eigenvalue weighted by Gasteiger charge is -2.27. The quantitative estimate of drug-likeness (QED) is 0.326. The molecule has 2 saturated heterocycles. The molecular formula is C30H40N2O6S. The van der Waals surface area contributed by atoms with E-state index in [-0.39, 0.29) is 17.4 Å². The Kier molecular flexibility index (Phi) is 8.71. The van der Waals surface area contributed by atoms with Crippen LogP contribution in [0.3, 0.4) is 0 Å². The summed E-state index contributed by atoms with van der Waals surface area (Å²) in [5.74, 6) is -1.03. The van der Waals surface area contributed by atoms with E-state index in [1.807, 2.05) is 19.1 Å². The van der Waals surface area contributed by atoms with Crippen LogP contribution in [-0.4, -0.2) is 55.9 Å². The first kappa shape index (κ1) is 29.1. The molecule has 0 saturated carbocycles. The molecular weight excluding hydrogens is 516 g/mol. The number of nitrogens with zero attached hydrogens (tertiary/aromatic N) is 2. The first-order valence-corrected chi connectivity index (χ1v) is 15.3. The van der Waals surface area contributed by atoms with Crippen LogP contribution in [0, 0.1) is 6.92 Å². The second-order valence-electron chi connectivity index (χ2n) is 11.4. The van der Waals surface area contributed by atoms with Crippen LogP contribution in [-0.2, 0) is 24.3 Å². The Morgan fingerprint density at radius 1 is 1.00 bits per heavy atom. The lowest BCUT2D eigenvalue weighted by molar-refractivity contribution is -0.158. The second-order valence-corrected chi connectivity index (χ2v) is 13.3. The van der Waals surface area contributed by atoms with Crippen molar-refractivity contribution in [3.05, 3.63) is 53.6 Å². The molecule has 2 aliphatic rings. The highest BCUT2D eigenvalue weighted by molar-refractivity contribution is 7.89. The van der Waals surface area contributed by atoms with Gasteiger partial charge in [-0.1, -0.05) is 19.1 Å². The van der Waals surface area contributed by atoms with Crippen molar-refractivity contribution in [2.24, 2.45) is 0 Å². The zero-order chi connectivity index (χ0) is 28.4. The first-order chi connectivity index (χ1) is 18.4. The maximum Gasteiger partial charge on any atom is 0.324 e. The average Bonchev–Trinajstić information content (AvgIpc) is 3.58. The third-order valence-corrected chi connectivity index (χ3v) is 9.21. The molecule has 0 spiro atoms. The van der Waals surface area contributed by atoms with E-state index >= 15 is 0 Å². The van der Waals surface area contributed by atoms with Crippen LogP contribution < -0.4 is 9.64 Å². The minimum Gasteiger partial charge on any atom is -0.459 e. The lowest BCUT2D eigenvalue weighted by Crippen LogP contribution is -2.43. The number of hydrogen-bond acceptors (Lipinski definition) is 7. The zero-order valence-corrected chi connectivity index (χ0v) is 24.4. The van der Waals surface area contributed by atoms with Crippen molar-refractivity contribution >= 4 is 27.6 Å². The SMILES string of the molecule is CCC(C(=O)Oc1ccc(S(=O)(=O)N2CCC[C@H]2C(=O)OC(C)(C)C)cc1C)c1ccc(N2CCCC2)cc1. The van der Waals surface area contributed by atoms with Gasteiger partial charge in [-0.05, 0) is 101 Å². The van der Waals surface area contributed by atoms with Crippen LogP contribution in [0.4, 0.5) is 5.69 Å². The number of carbonyl (C=O) groups excluding carboxylic acids is 2. The minimum atomic E-state index is -3.94. The molecule has 9 heteroatoms. The maximum absolute atomic E-state index is 13.5. The fourth-order valence-corrected chi connectivity index (χ4v) is 7.01. The summed E-state index contributed by atoms with van der Waals surface area (Å²) < 4.78 is 39.4. The molecule has 0 aromatic heterocycles. The first-order valence-electron chi connectivity index (χ1n) is 13.8. The summed E-state index contributed by atoms with van der Waals surface area (Å²) >= 11 is 0. The van der Waals surface area contributed by atoms with Gasteiger partial charge in [0, 0.05) is 25.3 Å². The fourth-order valence-electron chi connectivity index (χ4n) is 5.28. The standard InChI is InChI=1S/C30H40N2O6S/c1-6-25(22-11-13-23(14-12-22)31-17-7-8-18-31)28(33)37-27-16-15-24(20-21(27)2)39(35,36)32-19-9-10-26(32)29(34)38-30(3,4)5/h11-16,20,25-26H,6-10,17-19H2,1-5H3/t25?,26-/m0/s1. The van der Waals surface area contributed by atoms with Crippen LogP contribution in [0.2, 0.25) is 0 Å². The number of rotatable bonds is 8. The normalized spacial score (nSPS) is 19.2. The van der Waals surface area contributed by atoms with Gasteiger partial charge in [0.1, 0.15) is 17.4 Å². The number of carbonyl (C=O) groups is 2. The summed E-state index contributed by atoms with van der Waals surface area (Å²) in [5, 5.41) is 0. The summed E-state index contributed by atoms with van der Waals surface area (Å²) in [4.78, 5) is 28.3. The molecule has 0 bridgehead atoms. The Bertz CT molecular complexity index is 1290. The van der Waals surface area contributed by atoms with Gasteiger partial charge >= 0.3 is 11.9 Å². The monoisotopic (exact) mass is 556 g/mol. The molecule has 212 valence electrons. The molecule has 8 nitrogen and oxygen atoms in total. The third-order valence-electron chi connectivity index (χ3n) is 7.31. The van der Waals surface area contributed by atoms with E-state index in [1.165, 1.54) is 41.0 Å². The van der Waals surface area contributed by atoms with Gasteiger partial charge in [0.15, 0.2) is 0 Å². The van der Waals surface area contributed by atoms with E-state index in [9.17, 15) is 18.0 Å². The van der Waals surface area contributed by atoms with E-state index in [0.717, 1.165) is 18.7 Å². The number of ether oxygens (including phenoxy) is 2. The van der Waals surface area contributed by atoms with Crippen LogP contribution >= 0.6 is 0 Å². The van der Waals surface area contributed by atoms with Gasteiger partial charge in [0.25, 0.3) is 0 Å². The summed E-state index contributed by atoms with van der Waals surface area (Å²) in [6, 6.07) is 11.7. The number of anilines is 1. The van der Waals surface area contributed by atoms with Crippen molar-refractivity contribution in [3.8, 4) is 5.75 Å². The molecule has 2 aliphatic heterocycles. The molecule has 2 fully saturated rings. The summed E-state index contributed by atoms with van der Waals surface area (Å²) in [6.07, 6.45) is 3.98. The van der Waals surface area contributed by atoms with Gasteiger partial charge in [-0.25, -0.2) is 8.42 Å². The van der Waals surface area contributed by atoms with E-state index in [2.05, 4.69) is 17.0 Å². The Morgan fingerprint density at radius 2 is 1.67 bits per heavy atom. The smallest absolute Gasteiger partial charge is 0.324 e. The molecule has 2 aromatic carbocycles. The van der Waals surface area contributed by atoms with Gasteiger partial charge in [-0.15, -0.1) is 0 Å². The molecule has 2 atom stereocenters.